The second-order valence-corrected chi connectivity index (χ2v) is 21.2. The zero-order valence-electron chi connectivity index (χ0n) is 39.6. The van der Waals surface area contributed by atoms with Gasteiger partial charge in [-0.25, -0.2) is 9.97 Å². The van der Waals surface area contributed by atoms with Gasteiger partial charge in [-0.1, -0.05) is 48.0 Å². The zero-order chi connectivity index (χ0) is 48.8. The molecule has 2 fully saturated rings. The molecule has 4 amide bonds. The highest BCUT2D eigenvalue weighted by molar-refractivity contribution is 7.70. The number of nitrogens with zero attached hydrogens (tertiary/aromatic N) is 4. The van der Waals surface area contributed by atoms with E-state index in [1.807, 2.05) is 48.5 Å². The molecule has 1 aromatic heterocycles. The number of nitrogens with one attached hydrogen (secondary N) is 3. The summed E-state index contributed by atoms with van der Waals surface area (Å²) >= 11 is 6.55. The SMILES string of the molecule is COc1cc(N2CCC(NC(=O)CCOCCOCCOCCOCCNc3cccc4c3CN(C3CCC(=O)NC3=O)C4=O)CC2)ccc1Cc1ncc(Cl)c(Cc2ccccc2P(C)(C)=O)n1. The average molecular weight is 989 g/mol. The molecule has 1 atom stereocenters. The molecule has 69 heavy (non-hydrogen) atoms. The van der Waals surface area contributed by atoms with Gasteiger partial charge in [0.05, 0.1) is 70.7 Å². The second kappa shape index (κ2) is 24.9. The van der Waals surface area contributed by atoms with E-state index in [2.05, 4.69) is 31.9 Å². The topological polar surface area (TPSA) is 200 Å². The van der Waals surface area contributed by atoms with Gasteiger partial charge in [0, 0.05) is 104 Å². The van der Waals surface area contributed by atoms with Gasteiger partial charge in [-0.2, -0.15) is 0 Å². The lowest BCUT2D eigenvalue weighted by Gasteiger charge is -2.34. The van der Waals surface area contributed by atoms with Crippen LogP contribution in [0.4, 0.5) is 11.4 Å². The minimum absolute atomic E-state index is 0.0299. The van der Waals surface area contributed by atoms with Crippen LogP contribution in [0.2, 0.25) is 5.02 Å². The fraction of sp³-hybridized carbons (Fsp3) is 0.480. The maximum atomic E-state index is 13.0. The molecule has 4 aromatic rings. The number of hydrogen-bond acceptors (Lipinski definition) is 14. The van der Waals surface area contributed by atoms with Crippen molar-refractivity contribution in [3.05, 3.63) is 106 Å². The van der Waals surface area contributed by atoms with Gasteiger partial charge in [-0.3, -0.25) is 24.5 Å². The first-order valence-corrected chi connectivity index (χ1v) is 26.5. The summed E-state index contributed by atoms with van der Waals surface area (Å²) in [5.74, 6) is 0.385. The van der Waals surface area contributed by atoms with Crippen LogP contribution in [0, 0.1) is 0 Å². The maximum Gasteiger partial charge on any atom is 0.255 e. The van der Waals surface area contributed by atoms with Crippen molar-refractivity contribution in [3.63, 3.8) is 0 Å². The monoisotopic (exact) mass is 987 g/mol. The third-order valence-electron chi connectivity index (χ3n) is 12.4. The first kappa shape index (κ1) is 51.4. The normalized spacial score (nSPS) is 16.4. The van der Waals surface area contributed by atoms with Crippen molar-refractivity contribution >= 4 is 59.1 Å². The number of carbonyl (C=O) groups is 4. The molecule has 0 spiro atoms. The summed E-state index contributed by atoms with van der Waals surface area (Å²) in [5.41, 5.74) is 5.83. The lowest BCUT2D eigenvalue weighted by molar-refractivity contribution is -0.137. The van der Waals surface area contributed by atoms with Crippen molar-refractivity contribution in [1.29, 1.82) is 0 Å². The number of aromatic nitrogens is 2. The van der Waals surface area contributed by atoms with E-state index in [9.17, 15) is 23.7 Å². The Morgan fingerprint density at radius 1 is 0.855 bits per heavy atom. The van der Waals surface area contributed by atoms with Crippen LogP contribution in [0.15, 0.2) is 66.9 Å². The first-order chi connectivity index (χ1) is 33.4. The quantitative estimate of drug-likeness (QED) is 0.0456. The summed E-state index contributed by atoms with van der Waals surface area (Å²) in [4.78, 5) is 62.8. The summed E-state index contributed by atoms with van der Waals surface area (Å²) in [6, 6.07) is 18.8. The Kier molecular flexibility index (Phi) is 18.6. The lowest BCUT2D eigenvalue weighted by Crippen LogP contribution is -2.52. The molecule has 0 bridgehead atoms. The van der Waals surface area contributed by atoms with E-state index >= 15 is 0 Å². The number of ether oxygens (including phenoxy) is 5. The molecular formula is C50H63ClN7O10P. The Morgan fingerprint density at radius 3 is 2.28 bits per heavy atom. The summed E-state index contributed by atoms with van der Waals surface area (Å²) in [6.45, 7) is 9.13. The summed E-state index contributed by atoms with van der Waals surface area (Å²) in [5, 5.41) is 10.1. The van der Waals surface area contributed by atoms with Crippen LogP contribution in [0.1, 0.15) is 70.7 Å². The number of halogens is 1. The molecule has 3 aliphatic rings. The number of carbonyl (C=O) groups excluding carboxylic acids is 4. The molecule has 19 heteroatoms. The smallest absolute Gasteiger partial charge is 0.255 e. The van der Waals surface area contributed by atoms with Crippen LogP contribution in [0.25, 0.3) is 0 Å². The molecule has 1 unspecified atom stereocenters. The van der Waals surface area contributed by atoms with Crippen LogP contribution in [0.5, 0.6) is 5.75 Å². The summed E-state index contributed by atoms with van der Waals surface area (Å²) in [6.07, 6.45) is 5.00. The van der Waals surface area contributed by atoms with Crippen molar-refractivity contribution in [2.75, 3.05) is 103 Å². The molecule has 17 nitrogen and oxygen atoms in total. The van der Waals surface area contributed by atoms with Gasteiger partial charge in [-0.15, -0.1) is 0 Å². The molecule has 3 aliphatic heterocycles. The van der Waals surface area contributed by atoms with Gasteiger partial charge in [-0.05, 0) is 56.4 Å². The highest BCUT2D eigenvalue weighted by Gasteiger charge is 2.40. The van der Waals surface area contributed by atoms with Crippen molar-refractivity contribution in [1.82, 2.24) is 25.5 Å². The fourth-order valence-electron chi connectivity index (χ4n) is 8.78. The Balaban J connectivity index is 0.703. The van der Waals surface area contributed by atoms with E-state index < -0.39 is 19.1 Å². The van der Waals surface area contributed by atoms with Crippen LogP contribution < -0.4 is 30.9 Å². The number of rotatable bonds is 25. The van der Waals surface area contributed by atoms with E-state index in [4.69, 9.17) is 40.3 Å². The highest BCUT2D eigenvalue weighted by atomic mass is 35.5. The van der Waals surface area contributed by atoms with Crippen LogP contribution in [-0.4, -0.2) is 144 Å². The molecular weight excluding hydrogens is 925 g/mol. The molecule has 4 heterocycles. The number of hydrogen-bond donors (Lipinski definition) is 3. The molecule has 3 aromatic carbocycles. The molecule has 3 N–H and O–H groups in total. The molecule has 0 aliphatic carbocycles. The van der Waals surface area contributed by atoms with Gasteiger partial charge in [0.1, 0.15) is 24.8 Å². The number of benzene rings is 3. The number of methoxy groups -OCH3 is 1. The fourth-order valence-corrected chi connectivity index (χ4v) is 10.2. The highest BCUT2D eigenvalue weighted by Crippen LogP contribution is 2.37. The standard InChI is InChI=1S/C50H63ClN7O10P/c1-64-44-31-37(12-11-34(44)30-46-53-32-40(51)42(55-46)29-35-7-4-5-10-45(35)69(2,3)63)57-19-15-36(16-20-57)54-48(60)17-21-65-23-25-67-27-28-68-26-24-66-22-18-52-41-9-6-8-38-39(41)33-58(50(38)62)43-13-14-47(59)56-49(43)61/h4-12,31-32,36,43,52H,13-30,33H2,1-3H3,(H,54,60)(H,56,59,61). The van der Waals surface area contributed by atoms with Crippen molar-refractivity contribution < 1.29 is 47.4 Å². The van der Waals surface area contributed by atoms with E-state index in [1.54, 1.807) is 32.7 Å². The number of piperidine rings is 2. The Bertz CT molecular complexity index is 2480. The predicted octanol–water partition coefficient (Wildman–Crippen LogP) is 4.98. The minimum atomic E-state index is -2.49. The summed E-state index contributed by atoms with van der Waals surface area (Å²) < 4.78 is 41.3. The molecule has 2 saturated heterocycles. The van der Waals surface area contributed by atoms with E-state index in [0.717, 1.165) is 65.1 Å². The third-order valence-corrected chi connectivity index (χ3v) is 14.3. The van der Waals surface area contributed by atoms with E-state index in [-0.39, 0.29) is 36.6 Å². The Morgan fingerprint density at radius 2 is 1.57 bits per heavy atom. The number of anilines is 2. The number of amides is 4. The van der Waals surface area contributed by atoms with Crippen molar-refractivity contribution in [2.45, 2.75) is 63.6 Å². The molecule has 0 saturated carbocycles. The second-order valence-electron chi connectivity index (χ2n) is 17.6. The summed E-state index contributed by atoms with van der Waals surface area (Å²) in [7, 11) is -0.828. The largest absolute Gasteiger partial charge is 0.496 e. The predicted molar refractivity (Wildman–Crippen MR) is 263 cm³/mol. The molecule has 370 valence electrons. The maximum absolute atomic E-state index is 13.0. The van der Waals surface area contributed by atoms with Gasteiger partial charge < -0.3 is 48.7 Å². The Labute approximate surface area is 408 Å². The number of fused-ring (bicyclic) bond motifs is 1. The van der Waals surface area contributed by atoms with Crippen molar-refractivity contribution in [3.8, 4) is 5.75 Å². The van der Waals surface area contributed by atoms with Gasteiger partial charge in [0.15, 0.2) is 0 Å². The van der Waals surface area contributed by atoms with Gasteiger partial charge >= 0.3 is 0 Å². The third kappa shape index (κ3) is 14.3. The van der Waals surface area contributed by atoms with Crippen LogP contribution in [-0.2, 0) is 57.3 Å². The van der Waals surface area contributed by atoms with Crippen LogP contribution in [0.3, 0.4) is 0 Å². The Hall–Kier alpha value is -5.42. The van der Waals surface area contributed by atoms with E-state index in [0.29, 0.717) is 107 Å². The van der Waals surface area contributed by atoms with Gasteiger partial charge in [0.2, 0.25) is 17.7 Å². The van der Waals surface area contributed by atoms with Gasteiger partial charge in [0.25, 0.3) is 5.91 Å². The van der Waals surface area contributed by atoms with Crippen molar-refractivity contribution in [2.24, 2.45) is 0 Å². The first-order valence-electron chi connectivity index (χ1n) is 23.5. The van der Waals surface area contributed by atoms with Crippen LogP contribution >= 0.6 is 18.7 Å². The lowest BCUT2D eigenvalue weighted by atomic mass is 10.0. The molecule has 7 rings (SSSR count). The van der Waals surface area contributed by atoms with E-state index in [1.165, 1.54) is 4.90 Å². The average Bonchev–Trinajstić information content (AvgIpc) is 3.67. The molecule has 0 radical (unpaired) electrons. The number of imide groups is 1. The minimum Gasteiger partial charge on any atom is -0.496 e. The zero-order valence-corrected chi connectivity index (χ0v) is 41.3.